The third-order valence-electron chi connectivity index (χ3n) is 3.86. The third kappa shape index (κ3) is 6.64. The van der Waals surface area contributed by atoms with E-state index in [0.717, 1.165) is 31.1 Å². The van der Waals surface area contributed by atoms with Crippen molar-refractivity contribution in [3.63, 3.8) is 0 Å². The number of likely N-dealkylation sites (N-methyl/N-ethyl adjacent to an activating group) is 1. The van der Waals surface area contributed by atoms with Gasteiger partial charge in [0.15, 0.2) is 0 Å². The van der Waals surface area contributed by atoms with Gasteiger partial charge in [-0.3, -0.25) is 4.79 Å². The Morgan fingerprint density at radius 2 is 1.64 bits per heavy atom. The third-order valence-corrected chi connectivity index (χ3v) is 3.86. The van der Waals surface area contributed by atoms with Gasteiger partial charge in [0.05, 0.1) is 0 Å². The second kappa shape index (κ2) is 10.6. The Morgan fingerprint density at radius 1 is 1.04 bits per heavy atom. The first-order valence-corrected chi connectivity index (χ1v) is 8.24. The first-order chi connectivity index (χ1) is 11.6. The van der Waals surface area contributed by atoms with Gasteiger partial charge in [0.1, 0.15) is 12.4 Å². The van der Waals surface area contributed by atoms with Crippen LogP contribution in [-0.2, 0) is 0 Å². The summed E-state index contributed by atoms with van der Waals surface area (Å²) in [5.74, 6) is 0.637. The summed E-state index contributed by atoms with van der Waals surface area (Å²) in [6.07, 6.45) is 0. The molecule has 0 unspecified atom stereocenters. The van der Waals surface area contributed by atoms with E-state index in [1.165, 1.54) is 0 Å². The molecule has 0 spiro atoms. The quantitative estimate of drug-likeness (QED) is 0.702. The van der Waals surface area contributed by atoms with Gasteiger partial charge in [0.2, 0.25) is 0 Å². The van der Waals surface area contributed by atoms with Gasteiger partial charge in [-0.25, -0.2) is 0 Å². The van der Waals surface area contributed by atoms with Gasteiger partial charge in [-0.1, -0.05) is 13.8 Å². The summed E-state index contributed by atoms with van der Waals surface area (Å²) in [5, 5.41) is 2.85. The van der Waals surface area contributed by atoms with Crippen molar-refractivity contribution in [3.05, 3.63) is 54.1 Å². The molecule has 1 amide bonds. The second-order valence-corrected chi connectivity index (χ2v) is 5.48. The minimum atomic E-state index is -0.162. The van der Waals surface area contributed by atoms with E-state index in [-0.39, 0.29) is 18.3 Å². The van der Waals surface area contributed by atoms with Crippen LogP contribution >= 0.6 is 12.4 Å². The first kappa shape index (κ1) is 20.8. The number of halogens is 1. The molecular weight excluding hydrogens is 338 g/mol. The van der Waals surface area contributed by atoms with Crippen molar-refractivity contribution in [2.24, 2.45) is 0 Å². The van der Waals surface area contributed by atoms with Crippen molar-refractivity contribution in [1.29, 1.82) is 0 Å². The van der Waals surface area contributed by atoms with Crippen LogP contribution in [0.2, 0.25) is 0 Å². The van der Waals surface area contributed by atoms with Crippen LogP contribution in [0.1, 0.15) is 24.2 Å². The average Bonchev–Trinajstić information content (AvgIpc) is 2.60. The van der Waals surface area contributed by atoms with Crippen LogP contribution in [0.15, 0.2) is 48.5 Å². The van der Waals surface area contributed by atoms with Gasteiger partial charge in [-0.2, -0.15) is 0 Å². The van der Waals surface area contributed by atoms with Crippen molar-refractivity contribution >= 4 is 29.7 Å². The van der Waals surface area contributed by atoms with E-state index < -0.39 is 0 Å². The molecule has 2 rings (SSSR count). The Kier molecular flexibility index (Phi) is 8.81. The fourth-order valence-electron chi connectivity index (χ4n) is 2.30. The second-order valence-electron chi connectivity index (χ2n) is 5.48. The number of ether oxygens (including phenoxy) is 1. The van der Waals surface area contributed by atoms with Crippen LogP contribution in [0.5, 0.6) is 5.75 Å². The lowest BCUT2D eigenvalue weighted by Gasteiger charge is -2.18. The van der Waals surface area contributed by atoms with Crippen molar-refractivity contribution in [1.82, 2.24) is 4.90 Å². The van der Waals surface area contributed by atoms with Crippen molar-refractivity contribution in [2.45, 2.75) is 13.8 Å². The molecule has 0 bridgehead atoms. The summed E-state index contributed by atoms with van der Waals surface area (Å²) in [6, 6.07) is 14.2. The molecule has 2 aromatic carbocycles. The Balaban J connectivity index is 0.00000312. The molecule has 3 N–H and O–H groups in total. The molecule has 5 nitrogen and oxygen atoms in total. The number of hydrogen-bond acceptors (Lipinski definition) is 4. The van der Waals surface area contributed by atoms with Gasteiger partial charge < -0.3 is 20.7 Å². The van der Waals surface area contributed by atoms with Crippen LogP contribution in [0, 0.1) is 0 Å². The lowest BCUT2D eigenvalue weighted by Crippen LogP contribution is -2.27. The first-order valence-electron chi connectivity index (χ1n) is 8.24. The maximum Gasteiger partial charge on any atom is 0.255 e. The molecule has 0 fully saturated rings. The molecule has 136 valence electrons. The van der Waals surface area contributed by atoms with E-state index in [4.69, 9.17) is 10.5 Å². The summed E-state index contributed by atoms with van der Waals surface area (Å²) < 4.78 is 5.73. The van der Waals surface area contributed by atoms with E-state index in [2.05, 4.69) is 24.1 Å². The fraction of sp³-hybridized carbons (Fsp3) is 0.316. The van der Waals surface area contributed by atoms with Crippen molar-refractivity contribution in [2.75, 3.05) is 37.3 Å². The van der Waals surface area contributed by atoms with Crippen LogP contribution in [0.25, 0.3) is 0 Å². The molecule has 0 radical (unpaired) electrons. The Hall–Kier alpha value is -2.24. The topological polar surface area (TPSA) is 67.6 Å². The Morgan fingerprint density at radius 3 is 2.20 bits per heavy atom. The predicted molar refractivity (Wildman–Crippen MR) is 106 cm³/mol. The van der Waals surface area contributed by atoms with Crippen LogP contribution in [0.4, 0.5) is 11.4 Å². The highest BCUT2D eigenvalue weighted by atomic mass is 35.5. The molecule has 25 heavy (non-hydrogen) atoms. The number of hydrogen-bond donors (Lipinski definition) is 2. The zero-order chi connectivity index (χ0) is 17.4. The van der Waals surface area contributed by atoms with Crippen LogP contribution in [-0.4, -0.2) is 37.0 Å². The van der Waals surface area contributed by atoms with E-state index in [9.17, 15) is 4.79 Å². The number of amides is 1. The number of nitrogens with zero attached hydrogens (tertiary/aromatic N) is 1. The number of nitrogens with two attached hydrogens (primary N) is 1. The van der Waals surface area contributed by atoms with Gasteiger partial charge in [-0.15, -0.1) is 12.4 Å². The summed E-state index contributed by atoms with van der Waals surface area (Å²) >= 11 is 0. The minimum Gasteiger partial charge on any atom is -0.492 e. The number of nitrogen functional groups attached to an aromatic ring is 1. The number of rotatable bonds is 8. The summed E-state index contributed by atoms with van der Waals surface area (Å²) in [5.41, 5.74) is 7.56. The fourth-order valence-corrected chi connectivity index (χ4v) is 2.30. The lowest BCUT2D eigenvalue weighted by molar-refractivity contribution is 0.102. The molecule has 2 aromatic rings. The molecule has 0 aliphatic rings. The Bertz CT molecular complexity index is 641. The number of carbonyl (C=O) groups excluding carboxylic acids is 1. The maximum atomic E-state index is 12.1. The molecule has 0 atom stereocenters. The number of carbonyl (C=O) groups is 1. The van der Waals surface area contributed by atoms with Crippen molar-refractivity contribution in [3.8, 4) is 5.75 Å². The van der Waals surface area contributed by atoms with Gasteiger partial charge in [0.25, 0.3) is 5.91 Å². The molecular formula is C19H26ClN3O2. The van der Waals surface area contributed by atoms with E-state index in [1.54, 1.807) is 24.3 Å². The van der Waals surface area contributed by atoms with Gasteiger partial charge in [0, 0.05) is 23.5 Å². The maximum absolute atomic E-state index is 12.1. The molecule has 0 aliphatic carbocycles. The zero-order valence-corrected chi connectivity index (χ0v) is 15.5. The standard InChI is InChI=1S/C19H25N3O2.ClH/c1-3-22(4-2)13-14-24-18-11-9-17(10-12-18)21-19(23)15-5-7-16(20)8-6-15;/h5-12H,3-4,13-14,20H2,1-2H3,(H,21,23);1H. The predicted octanol–water partition coefficient (Wildman–Crippen LogP) is 3.66. The normalized spacial score (nSPS) is 10.2. The molecule has 0 aromatic heterocycles. The van der Waals surface area contributed by atoms with E-state index in [0.29, 0.717) is 17.9 Å². The molecule has 0 aliphatic heterocycles. The monoisotopic (exact) mass is 363 g/mol. The van der Waals surface area contributed by atoms with Crippen LogP contribution in [0.3, 0.4) is 0 Å². The average molecular weight is 364 g/mol. The number of benzene rings is 2. The zero-order valence-electron chi connectivity index (χ0n) is 14.7. The molecule has 0 heterocycles. The Labute approximate surface area is 155 Å². The largest absolute Gasteiger partial charge is 0.492 e. The molecule has 6 heteroatoms. The summed E-state index contributed by atoms with van der Waals surface area (Å²) in [7, 11) is 0. The molecule has 0 saturated heterocycles. The summed E-state index contributed by atoms with van der Waals surface area (Å²) in [6.45, 7) is 7.89. The highest BCUT2D eigenvalue weighted by Crippen LogP contribution is 2.17. The smallest absolute Gasteiger partial charge is 0.255 e. The van der Waals surface area contributed by atoms with Gasteiger partial charge in [-0.05, 0) is 61.6 Å². The van der Waals surface area contributed by atoms with Crippen molar-refractivity contribution < 1.29 is 9.53 Å². The van der Waals surface area contributed by atoms with Gasteiger partial charge >= 0.3 is 0 Å². The minimum absolute atomic E-state index is 0. The lowest BCUT2D eigenvalue weighted by atomic mass is 10.2. The number of nitrogens with one attached hydrogen (secondary N) is 1. The highest BCUT2D eigenvalue weighted by Gasteiger charge is 2.06. The number of anilines is 2. The summed E-state index contributed by atoms with van der Waals surface area (Å²) in [4.78, 5) is 14.4. The van der Waals surface area contributed by atoms with E-state index >= 15 is 0 Å². The molecule has 0 saturated carbocycles. The highest BCUT2D eigenvalue weighted by molar-refractivity contribution is 6.04. The SMILES string of the molecule is CCN(CC)CCOc1ccc(NC(=O)c2ccc(N)cc2)cc1.Cl. The van der Waals surface area contributed by atoms with Crippen LogP contribution < -0.4 is 15.8 Å². The van der Waals surface area contributed by atoms with E-state index in [1.807, 2.05) is 24.3 Å².